The summed E-state index contributed by atoms with van der Waals surface area (Å²) in [6.45, 7) is 14.8. The van der Waals surface area contributed by atoms with Gasteiger partial charge in [-0.05, 0) is 145 Å². The Bertz CT molecular complexity index is 2850. The van der Waals surface area contributed by atoms with Crippen LogP contribution in [0.1, 0.15) is 77.5 Å². The van der Waals surface area contributed by atoms with Gasteiger partial charge in [-0.2, -0.15) is 0 Å². The monoisotopic (exact) mass is 762 g/mol. The van der Waals surface area contributed by atoms with Gasteiger partial charge in [-0.15, -0.1) is 0 Å². The zero-order chi connectivity index (χ0) is 40.1. The molecule has 2 fully saturated rings. The largest absolute Gasteiger partial charge is 0.311 e. The van der Waals surface area contributed by atoms with Gasteiger partial charge in [0.05, 0.1) is 0 Å². The van der Waals surface area contributed by atoms with Crippen LogP contribution in [0.4, 0.5) is 34.1 Å². The Labute approximate surface area is 350 Å². The predicted molar refractivity (Wildman–Crippen MR) is 250 cm³/mol. The summed E-state index contributed by atoms with van der Waals surface area (Å²) in [7, 11) is 0. The number of para-hydroxylation sites is 1. The van der Waals surface area contributed by atoms with E-state index in [2.05, 4.69) is 209 Å². The van der Waals surface area contributed by atoms with Crippen LogP contribution in [0, 0.1) is 16.7 Å². The van der Waals surface area contributed by atoms with E-state index < -0.39 is 0 Å². The van der Waals surface area contributed by atoms with Crippen molar-refractivity contribution in [1.82, 2.24) is 0 Å². The van der Waals surface area contributed by atoms with Crippen LogP contribution in [0.5, 0.6) is 0 Å². The fourth-order valence-electron chi connectivity index (χ4n) is 13.0. The minimum absolute atomic E-state index is 0.0164. The Kier molecular flexibility index (Phi) is 7.10. The molecule has 0 amide bonds. The van der Waals surface area contributed by atoms with Crippen LogP contribution in [0.3, 0.4) is 0 Å². The van der Waals surface area contributed by atoms with E-state index in [1.807, 2.05) is 0 Å². The van der Waals surface area contributed by atoms with Gasteiger partial charge in [-0.3, -0.25) is 0 Å². The lowest BCUT2D eigenvalue weighted by Gasteiger charge is -2.49. The zero-order valence-corrected chi connectivity index (χ0v) is 35.2. The van der Waals surface area contributed by atoms with Crippen LogP contribution in [-0.4, -0.2) is 6.71 Å². The average Bonchev–Trinajstić information content (AvgIpc) is 3.73. The summed E-state index contributed by atoms with van der Waals surface area (Å²) in [5.74, 6) is 0.713. The van der Waals surface area contributed by atoms with Gasteiger partial charge in [0.1, 0.15) is 0 Å². The summed E-state index contributed by atoms with van der Waals surface area (Å²) in [5, 5.41) is 0. The van der Waals surface area contributed by atoms with E-state index in [1.165, 1.54) is 97.6 Å². The maximum absolute atomic E-state index is 2.69. The minimum atomic E-state index is -0.0164. The van der Waals surface area contributed by atoms with E-state index >= 15 is 0 Å². The lowest BCUT2D eigenvalue weighted by Crippen LogP contribution is -2.61. The molecule has 2 saturated carbocycles. The number of rotatable bonds is 3. The first-order chi connectivity index (χ1) is 28.5. The Balaban J connectivity index is 1.12. The molecule has 2 aliphatic heterocycles. The normalized spacial score (nSPS) is 22.5. The Morgan fingerprint density at radius 1 is 0.542 bits per heavy atom. The quantitative estimate of drug-likeness (QED) is 0.165. The maximum atomic E-state index is 2.69. The predicted octanol–water partition coefficient (Wildman–Crippen LogP) is 12.8. The third-order valence-corrected chi connectivity index (χ3v) is 16.3. The first-order valence-corrected chi connectivity index (χ1v) is 21.9. The van der Waals surface area contributed by atoms with Crippen LogP contribution in [0.2, 0.25) is 0 Å². The van der Waals surface area contributed by atoms with Gasteiger partial charge in [0.15, 0.2) is 0 Å². The highest BCUT2D eigenvalue weighted by Gasteiger charge is 2.71. The van der Waals surface area contributed by atoms with E-state index in [0.29, 0.717) is 5.92 Å². The molecule has 3 unspecified atom stereocenters. The van der Waals surface area contributed by atoms with E-state index in [4.69, 9.17) is 0 Å². The Hall–Kier alpha value is -5.80. The van der Waals surface area contributed by atoms with Crippen LogP contribution in [-0.2, 0) is 10.8 Å². The van der Waals surface area contributed by atoms with Crippen molar-refractivity contribution in [2.24, 2.45) is 16.7 Å². The van der Waals surface area contributed by atoms with Gasteiger partial charge < -0.3 is 9.80 Å². The molecule has 2 heterocycles. The molecule has 3 aliphatic carbocycles. The topological polar surface area (TPSA) is 6.48 Å². The highest BCUT2D eigenvalue weighted by Crippen LogP contribution is 2.78. The van der Waals surface area contributed by atoms with Crippen molar-refractivity contribution in [2.75, 3.05) is 9.80 Å². The lowest BCUT2D eigenvalue weighted by atomic mass is 9.33. The second kappa shape index (κ2) is 11.9. The molecule has 2 nitrogen and oxygen atoms in total. The number of hydrogen-bond donors (Lipinski definition) is 0. The molecule has 1 spiro atoms. The first kappa shape index (κ1) is 35.2. The second-order valence-corrected chi connectivity index (χ2v) is 20.0. The van der Waals surface area contributed by atoms with Gasteiger partial charge in [0.2, 0.25) is 0 Å². The van der Waals surface area contributed by atoms with Crippen LogP contribution in [0.25, 0.3) is 22.3 Å². The first-order valence-electron chi connectivity index (χ1n) is 21.9. The molecule has 3 heteroatoms. The van der Waals surface area contributed by atoms with Gasteiger partial charge in [-0.25, -0.2) is 0 Å². The third kappa shape index (κ3) is 4.49. The fourth-order valence-corrected chi connectivity index (χ4v) is 13.0. The van der Waals surface area contributed by atoms with Crippen molar-refractivity contribution in [3.63, 3.8) is 0 Å². The number of hydrogen-bond acceptors (Lipinski definition) is 2. The molecule has 0 aromatic heterocycles. The molecular formula is C56H51BN2. The molecule has 59 heavy (non-hydrogen) atoms. The highest BCUT2D eigenvalue weighted by atomic mass is 15.2. The van der Waals surface area contributed by atoms with E-state index in [-0.39, 0.29) is 28.4 Å². The SMILES string of the molecule is CC(C)(C)c1ccc(N2c3cc4c(cc3B3c5ccccc5N(c5ccc(-c6ccccc6)cc5)c5cccc2c53)-c2ccccc2C42CC3CCC2(C)C3(C)C)cc1. The van der Waals surface area contributed by atoms with Crippen LogP contribution >= 0.6 is 0 Å². The minimum Gasteiger partial charge on any atom is -0.311 e. The van der Waals surface area contributed by atoms with Crippen molar-refractivity contribution in [1.29, 1.82) is 0 Å². The molecular weight excluding hydrogens is 711 g/mol. The summed E-state index contributed by atoms with van der Waals surface area (Å²) < 4.78 is 0. The molecule has 7 aromatic rings. The molecule has 0 N–H and O–H groups in total. The molecule has 0 radical (unpaired) electrons. The molecule has 3 atom stereocenters. The average molecular weight is 763 g/mol. The summed E-state index contributed by atoms with van der Waals surface area (Å²) in [6.07, 6.45) is 3.84. The third-order valence-electron chi connectivity index (χ3n) is 16.3. The molecule has 0 saturated heterocycles. The van der Waals surface area contributed by atoms with Gasteiger partial charge in [0.25, 0.3) is 6.71 Å². The number of nitrogens with zero attached hydrogens (tertiary/aromatic N) is 2. The number of benzene rings is 7. The van der Waals surface area contributed by atoms with Crippen LogP contribution < -0.4 is 26.2 Å². The van der Waals surface area contributed by atoms with Crippen molar-refractivity contribution in [3.8, 4) is 22.3 Å². The summed E-state index contributed by atoms with van der Waals surface area (Å²) in [6, 6.07) is 60.4. The summed E-state index contributed by atoms with van der Waals surface area (Å²) in [4.78, 5) is 5.14. The molecule has 7 aromatic carbocycles. The standard InChI is InChI=1S/C56H51BN2/c1-53(2,3)38-25-29-41(30-26-38)59-50-22-14-21-49-52(50)57(46-19-12-13-20-48(46)58(49)40-27-23-37(24-28-40)36-15-8-7-9-16-36)47-33-43-42-17-10-11-18-44(42)56(45(43)34-51(47)59)35-39-31-32-55(56,6)54(39,4)5/h7-30,33-34,39H,31-32,35H2,1-6H3. The van der Waals surface area contributed by atoms with E-state index in [0.717, 1.165) is 0 Å². The van der Waals surface area contributed by atoms with Crippen molar-refractivity contribution in [3.05, 3.63) is 174 Å². The van der Waals surface area contributed by atoms with Crippen molar-refractivity contribution < 1.29 is 0 Å². The molecule has 2 bridgehead atoms. The fraction of sp³-hybridized carbons (Fsp3) is 0.250. The van der Waals surface area contributed by atoms with Crippen molar-refractivity contribution >= 4 is 57.2 Å². The maximum Gasteiger partial charge on any atom is 0.252 e. The second-order valence-electron chi connectivity index (χ2n) is 20.0. The smallest absolute Gasteiger partial charge is 0.252 e. The summed E-state index contributed by atoms with van der Waals surface area (Å²) >= 11 is 0. The number of fused-ring (bicyclic) bond motifs is 12. The van der Waals surface area contributed by atoms with E-state index in [1.54, 1.807) is 11.1 Å². The molecule has 12 rings (SSSR count). The van der Waals surface area contributed by atoms with E-state index in [9.17, 15) is 0 Å². The van der Waals surface area contributed by atoms with Crippen LogP contribution in [0.15, 0.2) is 158 Å². The number of anilines is 6. The molecule has 5 aliphatic rings. The Morgan fingerprint density at radius 3 is 1.83 bits per heavy atom. The van der Waals surface area contributed by atoms with Gasteiger partial charge >= 0.3 is 0 Å². The van der Waals surface area contributed by atoms with Gasteiger partial charge in [-0.1, -0.05) is 151 Å². The highest BCUT2D eigenvalue weighted by molar-refractivity contribution is 7.00. The zero-order valence-electron chi connectivity index (χ0n) is 35.2. The molecule has 288 valence electrons. The Morgan fingerprint density at radius 2 is 1.15 bits per heavy atom. The van der Waals surface area contributed by atoms with Gasteiger partial charge in [0, 0.05) is 39.5 Å². The van der Waals surface area contributed by atoms with Crippen molar-refractivity contribution in [2.45, 2.75) is 71.6 Å². The lowest BCUT2D eigenvalue weighted by molar-refractivity contribution is 0.0990. The summed E-state index contributed by atoms with van der Waals surface area (Å²) in [5.41, 5.74) is 21.9.